The first kappa shape index (κ1) is 13.5. The fourth-order valence-electron chi connectivity index (χ4n) is 0.915. The van der Waals surface area contributed by atoms with Crippen LogP contribution in [-0.2, 0) is 0 Å². The molecule has 1 aromatic rings. The second-order valence-electron chi connectivity index (χ2n) is 2.83. The highest BCUT2D eigenvalue weighted by Gasteiger charge is 2.27. The SMILES string of the molecule is Nc1ccc(SCCSC(F)(F)F)cc1F. The summed E-state index contributed by atoms with van der Waals surface area (Å²) < 4.78 is 48.3. The van der Waals surface area contributed by atoms with Crippen molar-refractivity contribution in [3.05, 3.63) is 24.0 Å². The molecule has 0 atom stereocenters. The molecule has 0 saturated heterocycles. The van der Waals surface area contributed by atoms with Crippen molar-refractivity contribution in [1.29, 1.82) is 0 Å². The molecule has 0 aliphatic carbocycles. The van der Waals surface area contributed by atoms with Crippen molar-refractivity contribution in [2.75, 3.05) is 17.2 Å². The second-order valence-corrected chi connectivity index (χ2v) is 5.15. The molecule has 0 aliphatic heterocycles. The van der Waals surface area contributed by atoms with Crippen molar-refractivity contribution in [3.63, 3.8) is 0 Å². The zero-order chi connectivity index (χ0) is 12.2. The van der Waals surface area contributed by atoms with Crippen LogP contribution in [0.2, 0.25) is 0 Å². The van der Waals surface area contributed by atoms with Gasteiger partial charge in [-0.25, -0.2) is 4.39 Å². The standard InChI is InChI=1S/C9H9F4NS2/c10-7-5-6(1-2-8(7)14)15-3-4-16-9(11,12)13/h1-2,5H,3-4,14H2. The summed E-state index contributed by atoms with van der Waals surface area (Å²) in [4.78, 5) is 0.578. The van der Waals surface area contributed by atoms with Crippen molar-refractivity contribution in [2.24, 2.45) is 0 Å². The summed E-state index contributed by atoms with van der Waals surface area (Å²) in [6, 6.07) is 4.20. The molecule has 0 aliphatic rings. The maximum absolute atomic E-state index is 13.0. The number of anilines is 1. The van der Waals surface area contributed by atoms with Crippen LogP contribution in [0.3, 0.4) is 0 Å². The van der Waals surface area contributed by atoms with Gasteiger partial charge in [-0.15, -0.1) is 11.8 Å². The summed E-state index contributed by atoms with van der Waals surface area (Å²) in [5.74, 6) is -0.332. The molecule has 7 heteroatoms. The van der Waals surface area contributed by atoms with Gasteiger partial charge in [0.15, 0.2) is 0 Å². The van der Waals surface area contributed by atoms with Gasteiger partial charge >= 0.3 is 5.51 Å². The van der Waals surface area contributed by atoms with Crippen LogP contribution in [0.25, 0.3) is 0 Å². The quantitative estimate of drug-likeness (QED) is 0.391. The number of nitrogens with two attached hydrogens (primary N) is 1. The molecule has 0 aromatic heterocycles. The fourth-order valence-corrected chi connectivity index (χ4v) is 2.40. The molecule has 0 amide bonds. The highest BCUT2D eigenvalue weighted by molar-refractivity contribution is 8.03. The van der Waals surface area contributed by atoms with Crippen LogP contribution in [0.4, 0.5) is 23.2 Å². The van der Waals surface area contributed by atoms with Crippen LogP contribution >= 0.6 is 23.5 Å². The predicted molar refractivity (Wildman–Crippen MR) is 60.0 cm³/mol. The van der Waals surface area contributed by atoms with E-state index in [1.807, 2.05) is 0 Å². The summed E-state index contributed by atoms with van der Waals surface area (Å²) in [7, 11) is 0. The maximum atomic E-state index is 13.0. The van der Waals surface area contributed by atoms with Gasteiger partial charge in [0, 0.05) is 16.4 Å². The van der Waals surface area contributed by atoms with E-state index in [-0.39, 0.29) is 29.0 Å². The van der Waals surface area contributed by atoms with E-state index in [1.165, 1.54) is 23.9 Å². The molecule has 0 saturated carbocycles. The molecule has 16 heavy (non-hydrogen) atoms. The van der Waals surface area contributed by atoms with Gasteiger partial charge in [0.25, 0.3) is 0 Å². The van der Waals surface area contributed by atoms with Crippen LogP contribution in [0, 0.1) is 5.82 Å². The number of nitrogen functional groups attached to an aromatic ring is 1. The van der Waals surface area contributed by atoms with Gasteiger partial charge in [0.1, 0.15) is 5.82 Å². The second kappa shape index (κ2) is 5.67. The van der Waals surface area contributed by atoms with Crippen LogP contribution in [-0.4, -0.2) is 17.0 Å². The monoisotopic (exact) mass is 271 g/mol. The number of hydrogen-bond acceptors (Lipinski definition) is 3. The first-order chi connectivity index (χ1) is 7.38. The smallest absolute Gasteiger partial charge is 0.396 e. The first-order valence-corrected chi connectivity index (χ1v) is 6.24. The third kappa shape index (κ3) is 4.98. The molecular weight excluding hydrogens is 262 g/mol. The minimum absolute atomic E-state index is 0.0361. The summed E-state index contributed by atoms with van der Waals surface area (Å²) in [5, 5.41) is 0. The Labute approximate surface area is 98.8 Å². The molecule has 90 valence electrons. The fraction of sp³-hybridized carbons (Fsp3) is 0.333. The molecule has 1 nitrogen and oxygen atoms in total. The Morgan fingerprint density at radius 1 is 1.19 bits per heavy atom. The average molecular weight is 271 g/mol. The van der Waals surface area contributed by atoms with Crippen LogP contribution in [0.15, 0.2) is 23.1 Å². The van der Waals surface area contributed by atoms with Crippen molar-refractivity contribution >= 4 is 29.2 Å². The van der Waals surface area contributed by atoms with Crippen molar-refractivity contribution in [3.8, 4) is 0 Å². The van der Waals surface area contributed by atoms with Crippen molar-refractivity contribution in [1.82, 2.24) is 0 Å². The molecule has 0 unspecified atom stereocenters. The number of alkyl halides is 3. The van der Waals surface area contributed by atoms with Crippen molar-refractivity contribution in [2.45, 2.75) is 10.4 Å². The molecule has 1 rings (SSSR count). The van der Waals surface area contributed by atoms with Gasteiger partial charge < -0.3 is 5.73 Å². The minimum Gasteiger partial charge on any atom is -0.396 e. The Balaban J connectivity index is 2.35. The lowest BCUT2D eigenvalue weighted by Gasteiger charge is -2.05. The molecule has 0 radical (unpaired) electrons. The van der Waals surface area contributed by atoms with E-state index in [0.29, 0.717) is 4.90 Å². The normalized spacial score (nSPS) is 11.8. The van der Waals surface area contributed by atoms with Crippen LogP contribution < -0.4 is 5.73 Å². The molecule has 0 heterocycles. The Kier molecular flexibility index (Phi) is 4.79. The zero-order valence-electron chi connectivity index (χ0n) is 8.05. The Bertz CT molecular complexity index is 354. The van der Waals surface area contributed by atoms with Gasteiger partial charge in [-0.3, -0.25) is 0 Å². The summed E-state index contributed by atoms with van der Waals surface area (Å²) in [5.41, 5.74) is 1.10. The third-order valence-electron chi connectivity index (χ3n) is 1.59. The largest absolute Gasteiger partial charge is 0.441 e. The van der Waals surface area contributed by atoms with E-state index in [2.05, 4.69) is 0 Å². The highest BCUT2D eigenvalue weighted by Crippen LogP contribution is 2.31. The molecular formula is C9H9F4NS2. The van der Waals surface area contributed by atoms with Crippen LogP contribution in [0.5, 0.6) is 0 Å². The minimum atomic E-state index is -4.20. The number of rotatable bonds is 4. The van der Waals surface area contributed by atoms with Crippen LogP contribution in [0.1, 0.15) is 0 Å². The lowest BCUT2D eigenvalue weighted by Crippen LogP contribution is -2.02. The number of thioether (sulfide) groups is 2. The molecule has 2 N–H and O–H groups in total. The van der Waals surface area contributed by atoms with Gasteiger partial charge in [-0.2, -0.15) is 13.2 Å². The van der Waals surface area contributed by atoms with Gasteiger partial charge in [-0.1, -0.05) is 11.8 Å². The van der Waals surface area contributed by atoms with Gasteiger partial charge in [-0.05, 0) is 18.2 Å². The Morgan fingerprint density at radius 2 is 1.88 bits per heavy atom. The van der Waals surface area contributed by atoms with E-state index in [1.54, 1.807) is 6.07 Å². The highest BCUT2D eigenvalue weighted by atomic mass is 32.2. The summed E-state index contributed by atoms with van der Waals surface area (Å²) in [6.45, 7) is 0. The van der Waals surface area contributed by atoms with Gasteiger partial charge in [0.2, 0.25) is 0 Å². The van der Waals surface area contributed by atoms with E-state index < -0.39 is 11.3 Å². The lowest BCUT2D eigenvalue weighted by atomic mass is 10.3. The number of hydrogen-bond donors (Lipinski definition) is 1. The predicted octanol–water partition coefficient (Wildman–Crippen LogP) is 3.75. The molecule has 0 bridgehead atoms. The zero-order valence-corrected chi connectivity index (χ0v) is 9.68. The topological polar surface area (TPSA) is 26.0 Å². The Hall–Kier alpha value is -0.560. The summed E-state index contributed by atoms with van der Waals surface area (Å²) in [6.07, 6.45) is 0. The third-order valence-corrected chi connectivity index (χ3v) is 3.58. The maximum Gasteiger partial charge on any atom is 0.441 e. The van der Waals surface area contributed by atoms with E-state index in [9.17, 15) is 17.6 Å². The average Bonchev–Trinajstić information content (AvgIpc) is 2.17. The number of benzene rings is 1. The molecule has 0 spiro atoms. The molecule has 1 aromatic carbocycles. The van der Waals surface area contributed by atoms with Gasteiger partial charge in [0.05, 0.1) is 5.69 Å². The van der Waals surface area contributed by atoms with E-state index in [4.69, 9.17) is 5.73 Å². The Morgan fingerprint density at radius 3 is 2.44 bits per heavy atom. The number of halogens is 4. The molecule has 0 fully saturated rings. The van der Waals surface area contributed by atoms with E-state index >= 15 is 0 Å². The first-order valence-electron chi connectivity index (χ1n) is 4.27. The van der Waals surface area contributed by atoms with E-state index in [0.717, 1.165) is 0 Å². The summed E-state index contributed by atoms with van der Waals surface area (Å²) >= 11 is 1.09. The van der Waals surface area contributed by atoms with Crippen molar-refractivity contribution < 1.29 is 17.6 Å². The lowest BCUT2D eigenvalue weighted by molar-refractivity contribution is -0.0326.